The molecule has 0 spiro atoms. The molecule has 0 aromatic carbocycles. The van der Waals surface area contributed by atoms with E-state index in [1.807, 2.05) is 46.7 Å². The van der Waals surface area contributed by atoms with Crippen molar-refractivity contribution in [1.82, 2.24) is 4.90 Å². The molecule has 0 saturated carbocycles. The highest BCUT2D eigenvalue weighted by Gasteiger charge is 2.54. The molecule has 0 radical (unpaired) electrons. The van der Waals surface area contributed by atoms with Crippen LogP contribution in [0.15, 0.2) is 5.16 Å². The van der Waals surface area contributed by atoms with Gasteiger partial charge in [-0.05, 0) is 74.9 Å². The monoisotopic (exact) mass is 851 g/mol. The Hall–Kier alpha value is -1.58. The molecule has 3 aliphatic rings. The van der Waals surface area contributed by atoms with Crippen LogP contribution >= 0.6 is 0 Å². The van der Waals surface area contributed by atoms with Gasteiger partial charge in [0.1, 0.15) is 23.9 Å². The quantitative estimate of drug-likeness (QED) is 0.0859. The zero-order chi connectivity index (χ0) is 44.6. The summed E-state index contributed by atoms with van der Waals surface area (Å²) in [5, 5.41) is 51.2. The van der Waals surface area contributed by atoms with E-state index in [9.17, 15) is 25.2 Å². The molecule has 4 unspecified atom stereocenters. The summed E-state index contributed by atoms with van der Waals surface area (Å²) in [5.41, 5.74) is -3.81. The number of carbonyl (C=O) groups excluding carboxylic acids is 1. The number of nitrogens with zero attached hydrogens (tertiary/aromatic N) is 2. The smallest absolute Gasteiger partial charge is 0.311 e. The highest BCUT2D eigenvalue weighted by Crippen LogP contribution is 2.42. The average Bonchev–Trinajstić information content (AvgIpc) is 3.18. The fourth-order valence-corrected chi connectivity index (χ4v) is 9.11. The number of aliphatic hydroxyl groups is 4. The van der Waals surface area contributed by atoms with Crippen LogP contribution in [-0.2, 0) is 52.3 Å². The molecular weight excluding hydrogens is 772 g/mol. The molecule has 0 amide bonds. The lowest BCUT2D eigenvalue weighted by molar-refractivity contribution is -0.319. The molecule has 0 aliphatic carbocycles. The maximum atomic E-state index is 14.4. The van der Waals surface area contributed by atoms with Gasteiger partial charge in [0.2, 0.25) is 6.79 Å². The fourth-order valence-electron chi connectivity index (χ4n) is 9.11. The largest absolute Gasteiger partial charge is 0.459 e. The van der Waals surface area contributed by atoms with E-state index in [0.717, 1.165) is 0 Å². The lowest BCUT2D eigenvalue weighted by Crippen LogP contribution is -2.61. The van der Waals surface area contributed by atoms with Crippen molar-refractivity contribution in [3.63, 3.8) is 0 Å². The minimum atomic E-state index is -1.94. The summed E-state index contributed by atoms with van der Waals surface area (Å²) >= 11 is 0. The first kappa shape index (κ1) is 51.8. The zero-order valence-corrected chi connectivity index (χ0v) is 38.3. The Balaban J connectivity index is 2.26. The van der Waals surface area contributed by atoms with Gasteiger partial charge in [-0.2, -0.15) is 0 Å². The van der Waals surface area contributed by atoms with Gasteiger partial charge in [-0.1, -0.05) is 32.9 Å². The number of hydrogen-bond donors (Lipinski definition) is 4. The van der Waals surface area contributed by atoms with E-state index in [4.69, 9.17) is 47.5 Å². The molecule has 3 heterocycles. The predicted octanol–water partition coefficient (Wildman–Crippen LogP) is 2.86. The van der Waals surface area contributed by atoms with Gasteiger partial charge in [-0.25, -0.2) is 0 Å². The Morgan fingerprint density at radius 1 is 0.864 bits per heavy atom. The first-order valence-corrected chi connectivity index (χ1v) is 21.1. The third-order valence-electron chi connectivity index (χ3n) is 13.0. The first-order valence-electron chi connectivity index (χ1n) is 21.1. The van der Waals surface area contributed by atoms with Crippen LogP contribution in [0.2, 0.25) is 0 Å². The highest BCUT2D eigenvalue weighted by atomic mass is 16.7. The van der Waals surface area contributed by atoms with Crippen LogP contribution in [0.4, 0.5) is 0 Å². The van der Waals surface area contributed by atoms with E-state index in [1.165, 1.54) is 14.0 Å². The summed E-state index contributed by atoms with van der Waals surface area (Å²) in [4.78, 5) is 22.0. The van der Waals surface area contributed by atoms with Gasteiger partial charge in [-0.15, -0.1) is 0 Å². The molecule has 3 rings (SSSR count). The molecule has 0 aromatic heterocycles. The van der Waals surface area contributed by atoms with Gasteiger partial charge in [-0.3, -0.25) is 4.79 Å². The number of cyclic esters (lactones) is 1. The van der Waals surface area contributed by atoms with Crippen molar-refractivity contribution in [3.8, 4) is 0 Å². The Morgan fingerprint density at radius 3 is 2.08 bits per heavy atom. The summed E-state index contributed by atoms with van der Waals surface area (Å²) in [6.45, 7) is 18.1. The summed E-state index contributed by atoms with van der Waals surface area (Å²) in [6, 6.07) is -0.287. The molecule has 18 atom stereocenters. The number of methoxy groups -OCH3 is 3. The van der Waals surface area contributed by atoms with Gasteiger partial charge < -0.3 is 72.8 Å². The molecule has 17 nitrogen and oxygen atoms in total. The summed E-state index contributed by atoms with van der Waals surface area (Å²) < 4.78 is 55.2. The normalized spacial score (nSPS) is 45.3. The molecule has 0 aromatic rings. The van der Waals surface area contributed by atoms with Crippen molar-refractivity contribution in [2.75, 3.05) is 55.4 Å². The molecule has 59 heavy (non-hydrogen) atoms. The van der Waals surface area contributed by atoms with E-state index >= 15 is 0 Å². The van der Waals surface area contributed by atoms with Gasteiger partial charge in [0.25, 0.3) is 0 Å². The van der Waals surface area contributed by atoms with Crippen molar-refractivity contribution >= 4 is 11.7 Å². The number of likely N-dealkylation sites (N-methyl/N-ethyl adjacent to an activating group) is 1. The van der Waals surface area contributed by atoms with Gasteiger partial charge >= 0.3 is 5.97 Å². The predicted molar refractivity (Wildman–Crippen MR) is 217 cm³/mol. The first-order chi connectivity index (χ1) is 27.5. The minimum Gasteiger partial charge on any atom is -0.459 e. The Morgan fingerprint density at radius 2 is 1.51 bits per heavy atom. The van der Waals surface area contributed by atoms with Crippen molar-refractivity contribution < 1.29 is 72.7 Å². The van der Waals surface area contributed by atoms with Crippen LogP contribution in [0.5, 0.6) is 0 Å². The summed E-state index contributed by atoms with van der Waals surface area (Å²) in [6.07, 6.45) is -8.52. The maximum Gasteiger partial charge on any atom is 0.311 e. The van der Waals surface area contributed by atoms with Crippen molar-refractivity contribution in [1.29, 1.82) is 0 Å². The van der Waals surface area contributed by atoms with Crippen LogP contribution in [-0.4, -0.2) is 177 Å². The molecule has 346 valence electrons. The lowest BCUT2D eigenvalue weighted by Gasteiger charge is -2.50. The fraction of sp³-hybridized carbons (Fsp3) is 0.952. The van der Waals surface area contributed by atoms with Gasteiger partial charge in [0.05, 0.1) is 66.6 Å². The van der Waals surface area contributed by atoms with Gasteiger partial charge in [0, 0.05) is 51.5 Å². The minimum absolute atomic E-state index is 0.127. The maximum absolute atomic E-state index is 14.4. The van der Waals surface area contributed by atoms with Crippen molar-refractivity contribution in [2.24, 2.45) is 28.8 Å². The number of rotatable bonds is 14. The Kier molecular flexibility index (Phi) is 19.4. The van der Waals surface area contributed by atoms with Crippen LogP contribution in [0.3, 0.4) is 0 Å². The summed E-state index contributed by atoms with van der Waals surface area (Å²) in [5.74, 6) is -3.72. The standard InChI is InChI=1S/C42H78N2O15/c1-16-30-42(10,49)35(46)25(4)32(43-54-22-53-18-17-50-13)23(2)20-41(9,52-15)37(59-39-33(45)29(44(11)12)19-24(3)55-39)26(5)34(27(6)38(48)57-30)58-31-21-40(8,51-14)36(47)28(7)56-31/h23-31,33-37,39,45-47,49H,16-22H2,1-15H3/b43-32+/t23-,24?,25+,26+,27-,28-,29?,30-,31+,33?,34+,35-,36+,37-,39+,40?,41-,42-/m1/s1. The summed E-state index contributed by atoms with van der Waals surface area (Å²) in [7, 11) is 8.41. The van der Waals surface area contributed by atoms with Gasteiger partial charge in [0.15, 0.2) is 12.6 Å². The Labute approximate surface area is 352 Å². The van der Waals surface area contributed by atoms with Crippen molar-refractivity contribution in [3.05, 3.63) is 0 Å². The Bertz CT molecular complexity index is 1320. The molecular formula is C42H78N2O15. The number of carbonyl (C=O) groups is 1. The van der Waals surface area contributed by atoms with E-state index in [1.54, 1.807) is 48.8 Å². The van der Waals surface area contributed by atoms with E-state index in [2.05, 4.69) is 5.16 Å². The third kappa shape index (κ3) is 12.3. The van der Waals surface area contributed by atoms with Crippen LogP contribution < -0.4 is 0 Å². The average molecular weight is 851 g/mol. The van der Waals surface area contributed by atoms with E-state index < -0.39 is 102 Å². The number of oxime groups is 1. The number of ether oxygens (including phenoxy) is 9. The SMILES string of the molecule is CC[C@H]1OC(=O)[C@H](C)[C@@H](O[C@H]2CC(C)(OC)[C@@H](O)[C@@H](C)O2)[C@H](C)[C@@H](O[C@@H]2OC(C)CC(N(C)C)C2O)[C@](C)(OC)C[C@@H](C)/C(=N\OCOCCOC)[C@H](C)[C@@H](O)[C@]1(C)O. The number of aliphatic hydroxyl groups excluding tert-OH is 3. The third-order valence-corrected chi connectivity index (χ3v) is 13.0. The van der Waals surface area contributed by atoms with Crippen LogP contribution in [0, 0.1) is 23.7 Å². The second-order valence-electron chi connectivity index (χ2n) is 17.9. The van der Waals surface area contributed by atoms with Crippen molar-refractivity contribution in [2.45, 2.75) is 179 Å². The molecule has 3 aliphatic heterocycles. The molecule has 0 bridgehead atoms. The second-order valence-corrected chi connectivity index (χ2v) is 17.9. The zero-order valence-electron chi connectivity index (χ0n) is 38.3. The lowest BCUT2D eigenvalue weighted by atomic mass is 9.73. The topological polar surface area (TPSA) is 206 Å². The molecule has 3 saturated heterocycles. The molecule has 3 fully saturated rings. The highest BCUT2D eigenvalue weighted by molar-refractivity contribution is 5.88. The molecule has 17 heteroatoms. The number of esters is 1. The molecule has 4 N–H and O–H groups in total. The number of hydrogen-bond acceptors (Lipinski definition) is 17. The second kappa shape index (κ2) is 22.2. The van der Waals surface area contributed by atoms with Crippen LogP contribution in [0.1, 0.15) is 94.9 Å². The van der Waals surface area contributed by atoms with E-state index in [-0.39, 0.29) is 44.8 Å². The van der Waals surface area contributed by atoms with Crippen LogP contribution in [0.25, 0.3) is 0 Å². The van der Waals surface area contributed by atoms with E-state index in [0.29, 0.717) is 18.7 Å².